The summed E-state index contributed by atoms with van der Waals surface area (Å²) >= 11 is -0.757. The van der Waals surface area contributed by atoms with Crippen LogP contribution in [0.1, 0.15) is 36.2 Å². The number of sulfone groups is 1. The Hall–Kier alpha value is -2.70. The van der Waals surface area contributed by atoms with Gasteiger partial charge in [0.1, 0.15) is 0 Å². The van der Waals surface area contributed by atoms with E-state index in [1.165, 1.54) is 41.3 Å². The quantitative estimate of drug-likeness (QED) is 0.196. The van der Waals surface area contributed by atoms with Gasteiger partial charge < -0.3 is 4.42 Å². The van der Waals surface area contributed by atoms with Crippen molar-refractivity contribution in [3.8, 4) is 16.9 Å². The minimum atomic E-state index is -3.85. The van der Waals surface area contributed by atoms with Crippen molar-refractivity contribution >= 4 is 36.1 Å². The van der Waals surface area contributed by atoms with E-state index in [4.69, 9.17) is 9.15 Å². The summed E-state index contributed by atoms with van der Waals surface area (Å²) in [7, 11) is -2.48. The first kappa shape index (κ1) is 26.9. The Balaban J connectivity index is 1.89. The van der Waals surface area contributed by atoms with Gasteiger partial charge in [-0.1, -0.05) is 0 Å². The third-order valence-electron chi connectivity index (χ3n) is 5.92. The molecule has 0 radical (unpaired) electrons. The summed E-state index contributed by atoms with van der Waals surface area (Å²) < 4.78 is 37.5. The number of para-hydroxylation sites is 1. The molecular formula is C26H32AsNO6S. The Bertz CT molecular complexity index is 1240. The zero-order chi connectivity index (χ0) is 25.4. The van der Waals surface area contributed by atoms with Crippen molar-refractivity contribution in [2.75, 3.05) is 19.0 Å². The zero-order valence-electron chi connectivity index (χ0n) is 20.3. The standard InChI is InChI=1S/C26H32AsNO6S/c1-4-27(5-2)14-8-15-28-22-9-6-7-10-23(22)35(31,32)18-20-11-12-21(19-13-16-34-17-19)25(33-3)24(20)26(29)30/h6-7,9-13,16-17,28H,4-5,8,14-15,18H2,1-3H3,(H,29,30). The molecule has 188 valence electrons. The molecule has 7 nitrogen and oxygen atoms in total. The van der Waals surface area contributed by atoms with Gasteiger partial charge in [-0.2, -0.15) is 0 Å². The fraction of sp³-hybridized carbons (Fsp3) is 0.346. The summed E-state index contributed by atoms with van der Waals surface area (Å²) in [6, 6.07) is 11.7. The first-order valence-corrected chi connectivity index (χ1v) is 17.2. The molecule has 0 atom stereocenters. The van der Waals surface area contributed by atoms with Gasteiger partial charge in [-0.25, -0.2) is 0 Å². The third-order valence-corrected chi connectivity index (χ3v) is 13.4. The van der Waals surface area contributed by atoms with Crippen LogP contribution in [-0.2, 0) is 15.6 Å². The average molecular weight is 562 g/mol. The van der Waals surface area contributed by atoms with E-state index in [0.29, 0.717) is 23.4 Å². The van der Waals surface area contributed by atoms with Gasteiger partial charge in [0.2, 0.25) is 0 Å². The molecule has 9 heteroatoms. The van der Waals surface area contributed by atoms with Gasteiger partial charge in [0, 0.05) is 5.56 Å². The number of hydrogen-bond donors (Lipinski definition) is 2. The Morgan fingerprint density at radius 1 is 1.11 bits per heavy atom. The SMILES string of the molecule is CC[As](CC)CCCNc1ccccc1S(=O)(=O)Cc1ccc(-c2ccoc2)c(OC)c1C(=O)O. The van der Waals surface area contributed by atoms with Gasteiger partial charge in [-0.15, -0.1) is 0 Å². The van der Waals surface area contributed by atoms with Gasteiger partial charge in [0.05, 0.1) is 19.6 Å². The summed E-state index contributed by atoms with van der Waals surface area (Å²) in [6.45, 7) is 5.20. The van der Waals surface area contributed by atoms with Crippen LogP contribution >= 0.6 is 0 Å². The van der Waals surface area contributed by atoms with E-state index in [0.717, 1.165) is 6.42 Å². The zero-order valence-corrected chi connectivity index (χ0v) is 23.0. The molecule has 0 aliphatic carbocycles. The second-order valence-electron chi connectivity index (χ2n) is 8.06. The van der Waals surface area contributed by atoms with Crippen LogP contribution in [0.4, 0.5) is 5.69 Å². The molecule has 35 heavy (non-hydrogen) atoms. The van der Waals surface area contributed by atoms with Crippen LogP contribution in [0.2, 0.25) is 15.6 Å². The summed E-state index contributed by atoms with van der Waals surface area (Å²) in [5.41, 5.74) is 1.69. The molecular weight excluding hydrogens is 529 g/mol. The van der Waals surface area contributed by atoms with E-state index < -0.39 is 36.2 Å². The van der Waals surface area contributed by atoms with Crippen LogP contribution in [0, 0.1) is 0 Å². The van der Waals surface area contributed by atoms with Crippen molar-refractivity contribution in [2.45, 2.75) is 46.5 Å². The first-order valence-electron chi connectivity index (χ1n) is 11.6. The molecule has 0 unspecified atom stereocenters. The maximum absolute atomic E-state index is 13.5. The van der Waals surface area contributed by atoms with Crippen LogP contribution in [0.5, 0.6) is 5.75 Å². The van der Waals surface area contributed by atoms with Crippen molar-refractivity contribution in [1.82, 2.24) is 0 Å². The number of furan rings is 1. The summed E-state index contributed by atoms with van der Waals surface area (Å²) in [5, 5.41) is 17.0. The minimum absolute atomic E-state index is 0.101. The first-order chi connectivity index (χ1) is 16.8. The maximum atomic E-state index is 13.5. The monoisotopic (exact) mass is 561 g/mol. The molecule has 0 amide bonds. The van der Waals surface area contributed by atoms with Crippen LogP contribution in [-0.4, -0.2) is 47.8 Å². The molecule has 3 aromatic rings. The van der Waals surface area contributed by atoms with Crippen molar-refractivity contribution in [1.29, 1.82) is 0 Å². The number of ether oxygens (including phenoxy) is 1. The molecule has 0 aliphatic rings. The van der Waals surface area contributed by atoms with Crippen molar-refractivity contribution in [2.24, 2.45) is 0 Å². The van der Waals surface area contributed by atoms with Crippen LogP contribution < -0.4 is 10.1 Å². The molecule has 2 N–H and O–H groups in total. The van der Waals surface area contributed by atoms with E-state index >= 15 is 0 Å². The Morgan fingerprint density at radius 3 is 2.49 bits per heavy atom. The van der Waals surface area contributed by atoms with Crippen molar-refractivity contribution in [3.05, 3.63) is 66.1 Å². The van der Waals surface area contributed by atoms with E-state index in [1.54, 1.807) is 36.4 Å². The molecule has 1 heterocycles. The molecule has 0 saturated carbocycles. The number of carboxylic acid groups (broad SMARTS) is 1. The number of anilines is 1. The van der Waals surface area contributed by atoms with Gasteiger partial charge in [-0.3, -0.25) is 0 Å². The van der Waals surface area contributed by atoms with Gasteiger partial charge in [0.25, 0.3) is 0 Å². The van der Waals surface area contributed by atoms with Crippen LogP contribution in [0.25, 0.3) is 11.1 Å². The number of nitrogens with one attached hydrogen (secondary N) is 1. The van der Waals surface area contributed by atoms with E-state index in [-0.39, 0.29) is 21.8 Å². The molecule has 0 fully saturated rings. The number of carbonyl (C=O) groups is 1. The number of carboxylic acids is 1. The topological polar surface area (TPSA) is 106 Å². The third kappa shape index (κ3) is 6.50. The van der Waals surface area contributed by atoms with Crippen LogP contribution in [0.3, 0.4) is 0 Å². The Morgan fingerprint density at radius 2 is 1.86 bits per heavy atom. The normalized spacial score (nSPS) is 11.5. The second-order valence-corrected chi connectivity index (χ2v) is 16.4. The number of rotatable bonds is 13. The summed E-state index contributed by atoms with van der Waals surface area (Å²) in [5.74, 6) is -1.62. The number of benzene rings is 2. The average Bonchev–Trinajstić information content (AvgIpc) is 3.38. The van der Waals surface area contributed by atoms with Gasteiger partial charge in [0.15, 0.2) is 0 Å². The molecule has 0 saturated heterocycles. The van der Waals surface area contributed by atoms with E-state index in [9.17, 15) is 18.3 Å². The molecule has 0 aliphatic heterocycles. The summed E-state index contributed by atoms with van der Waals surface area (Å²) in [4.78, 5) is 12.3. The fourth-order valence-electron chi connectivity index (χ4n) is 4.07. The predicted molar refractivity (Wildman–Crippen MR) is 140 cm³/mol. The predicted octanol–water partition coefficient (Wildman–Crippen LogP) is 5.96. The van der Waals surface area contributed by atoms with Crippen molar-refractivity contribution in [3.63, 3.8) is 0 Å². The number of hydrogen-bond acceptors (Lipinski definition) is 6. The Kier molecular flexibility index (Phi) is 9.46. The van der Waals surface area contributed by atoms with E-state index in [2.05, 4.69) is 19.2 Å². The molecule has 0 spiro atoms. The molecule has 1 aromatic heterocycles. The molecule has 0 bridgehead atoms. The van der Waals surface area contributed by atoms with Gasteiger partial charge in [-0.05, 0) is 6.07 Å². The summed E-state index contributed by atoms with van der Waals surface area (Å²) in [6.07, 6.45) is 3.96. The van der Waals surface area contributed by atoms with Crippen molar-refractivity contribution < 1.29 is 27.5 Å². The number of aromatic carboxylic acids is 1. The van der Waals surface area contributed by atoms with Crippen LogP contribution in [0.15, 0.2) is 64.3 Å². The van der Waals surface area contributed by atoms with Gasteiger partial charge >= 0.3 is 176 Å². The number of methoxy groups -OCH3 is 1. The molecule has 2 aromatic carbocycles. The fourth-order valence-corrected chi connectivity index (χ4v) is 9.17. The second kappa shape index (κ2) is 12.3. The van der Waals surface area contributed by atoms with E-state index in [1.807, 2.05) is 0 Å². The Labute approximate surface area is 211 Å². The molecule has 3 rings (SSSR count).